The number of rotatable bonds is 3. The maximum atomic E-state index is 4.61. The van der Waals surface area contributed by atoms with Gasteiger partial charge in [0.15, 0.2) is 0 Å². The molecule has 0 radical (unpaired) electrons. The van der Waals surface area contributed by atoms with Gasteiger partial charge in [-0.1, -0.05) is 15.9 Å². The van der Waals surface area contributed by atoms with Gasteiger partial charge in [-0.05, 0) is 32.4 Å². The van der Waals surface area contributed by atoms with Gasteiger partial charge in [-0.2, -0.15) is 0 Å². The van der Waals surface area contributed by atoms with Crippen molar-refractivity contribution in [1.82, 2.24) is 14.9 Å². The zero-order valence-electron chi connectivity index (χ0n) is 12.6. The van der Waals surface area contributed by atoms with Crippen molar-refractivity contribution >= 4 is 43.3 Å². The molecule has 0 saturated carbocycles. The Morgan fingerprint density at radius 1 is 1.19 bits per heavy atom. The van der Waals surface area contributed by atoms with Crippen LogP contribution in [-0.2, 0) is 0 Å². The van der Waals surface area contributed by atoms with Gasteiger partial charge in [0, 0.05) is 36.4 Å². The molecular weight excluding hydrogens is 348 g/mol. The second kappa shape index (κ2) is 6.58. The van der Waals surface area contributed by atoms with Gasteiger partial charge in [-0.15, -0.1) is 11.3 Å². The van der Waals surface area contributed by atoms with Crippen LogP contribution < -0.4 is 4.90 Å². The van der Waals surface area contributed by atoms with E-state index in [-0.39, 0.29) is 0 Å². The van der Waals surface area contributed by atoms with Gasteiger partial charge in [-0.25, -0.2) is 9.97 Å². The number of fused-ring (bicyclic) bond motifs is 1. The molecule has 0 bridgehead atoms. The summed E-state index contributed by atoms with van der Waals surface area (Å²) in [5, 5.41) is 2.31. The fourth-order valence-corrected chi connectivity index (χ4v) is 4.42. The third-order valence-corrected chi connectivity index (χ3v) is 5.70. The molecule has 0 aromatic carbocycles. The highest BCUT2D eigenvalue weighted by atomic mass is 79.9. The van der Waals surface area contributed by atoms with E-state index in [1.807, 2.05) is 0 Å². The third kappa shape index (κ3) is 3.07. The maximum Gasteiger partial charge on any atom is 0.141 e. The lowest BCUT2D eigenvalue weighted by Gasteiger charge is -2.23. The first-order valence-electron chi connectivity index (χ1n) is 7.44. The summed E-state index contributed by atoms with van der Waals surface area (Å²) < 4.78 is 0. The molecule has 0 amide bonds. The molecule has 0 unspecified atom stereocenters. The lowest BCUT2D eigenvalue weighted by molar-refractivity contribution is 0.313. The largest absolute Gasteiger partial charge is 0.355 e. The number of halogens is 1. The summed E-state index contributed by atoms with van der Waals surface area (Å²) in [4.78, 5) is 16.5. The predicted octanol–water partition coefficient (Wildman–Crippen LogP) is 3.22. The van der Waals surface area contributed by atoms with Crippen LogP contribution >= 0.6 is 27.3 Å². The topological polar surface area (TPSA) is 32.3 Å². The molecule has 2 aromatic rings. The van der Waals surface area contributed by atoms with Crippen molar-refractivity contribution in [3.63, 3.8) is 0 Å². The van der Waals surface area contributed by atoms with Gasteiger partial charge in [0.1, 0.15) is 17.0 Å². The number of aryl methyl sites for hydroxylation is 2. The highest BCUT2D eigenvalue weighted by Gasteiger charge is 2.20. The smallest absolute Gasteiger partial charge is 0.141 e. The first-order chi connectivity index (χ1) is 10.2. The summed E-state index contributed by atoms with van der Waals surface area (Å²) in [6.07, 6.45) is 2.91. The molecular formula is C15H21BrN4S. The van der Waals surface area contributed by atoms with Crippen LogP contribution in [-0.4, -0.2) is 52.9 Å². The van der Waals surface area contributed by atoms with Crippen molar-refractivity contribution in [3.05, 3.63) is 16.8 Å². The summed E-state index contributed by atoms with van der Waals surface area (Å²) in [7, 11) is 0. The minimum Gasteiger partial charge on any atom is -0.355 e. The van der Waals surface area contributed by atoms with E-state index in [0.29, 0.717) is 0 Å². The fraction of sp³-hybridized carbons (Fsp3) is 0.600. The van der Waals surface area contributed by atoms with Crippen LogP contribution in [0.5, 0.6) is 0 Å². The average Bonchev–Trinajstić information content (AvgIpc) is 2.67. The Kier molecular flexibility index (Phi) is 4.76. The van der Waals surface area contributed by atoms with Crippen LogP contribution in [0.15, 0.2) is 6.33 Å². The van der Waals surface area contributed by atoms with Gasteiger partial charge >= 0.3 is 0 Å². The molecule has 1 aliphatic heterocycles. The first-order valence-corrected chi connectivity index (χ1v) is 9.38. The summed E-state index contributed by atoms with van der Waals surface area (Å²) in [6.45, 7) is 9.91. The average molecular weight is 369 g/mol. The quantitative estimate of drug-likeness (QED) is 0.778. The van der Waals surface area contributed by atoms with E-state index >= 15 is 0 Å². The van der Waals surface area contributed by atoms with Crippen molar-refractivity contribution in [2.24, 2.45) is 0 Å². The molecule has 1 fully saturated rings. The van der Waals surface area contributed by atoms with Crippen molar-refractivity contribution in [2.45, 2.75) is 20.3 Å². The van der Waals surface area contributed by atoms with E-state index in [4.69, 9.17) is 0 Å². The van der Waals surface area contributed by atoms with Gasteiger partial charge in [0.2, 0.25) is 0 Å². The molecule has 114 valence electrons. The molecule has 0 aliphatic carbocycles. The Morgan fingerprint density at radius 3 is 2.86 bits per heavy atom. The molecule has 1 saturated heterocycles. The van der Waals surface area contributed by atoms with Crippen molar-refractivity contribution in [2.75, 3.05) is 43.0 Å². The molecule has 6 heteroatoms. The van der Waals surface area contributed by atoms with Crippen LogP contribution in [0.25, 0.3) is 10.2 Å². The van der Waals surface area contributed by atoms with Crippen LogP contribution in [0.4, 0.5) is 5.82 Å². The van der Waals surface area contributed by atoms with E-state index < -0.39 is 0 Å². The standard InChI is InChI=1S/C15H21BrN4S/c1-11-12(2)21-15-13(11)14(17-10-18-15)20-6-3-5-19(7-4-16)8-9-20/h10H,3-9H2,1-2H3. The van der Waals surface area contributed by atoms with Crippen molar-refractivity contribution in [1.29, 1.82) is 0 Å². The van der Waals surface area contributed by atoms with Crippen molar-refractivity contribution < 1.29 is 0 Å². The second-order valence-electron chi connectivity index (χ2n) is 5.53. The van der Waals surface area contributed by atoms with Gasteiger partial charge in [0.05, 0.1) is 5.39 Å². The highest BCUT2D eigenvalue weighted by Crippen LogP contribution is 2.34. The van der Waals surface area contributed by atoms with Crippen LogP contribution in [0.2, 0.25) is 0 Å². The Balaban J connectivity index is 1.90. The number of hydrogen-bond donors (Lipinski definition) is 0. The number of anilines is 1. The van der Waals surface area contributed by atoms with E-state index in [2.05, 4.69) is 49.5 Å². The molecule has 4 nitrogen and oxygen atoms in total. The zero-order valence-corrected chi connectivity index (χ0v) is 15.0. The molecule has 3 heterocycles. The maximum absolute atomic E-state index is 4.61. The summed E-state index contributed by atoms with van der Waals surface area (Å²) >= 11 is 5.32. The number of alkyl halides is 1. The zero-order chi connectivity index (χ0) is 14.8. The van der Waals surface area contributed by atoms with Crippen molar-refractivity contribution in [3.8, 4) is 0 Å². The molecule has 0 N–H and O–H groups in total. The lowest BCUT2D eigenvalue weighted by Crippen LogP contribution is -2.32. The second-order valence-corrected chi connectivity index (χ2v) is 7.53. The minimum absolute atomic E-state index is 1.05. The van der Waals surface area contributed by atoms with E-state index in [9.17, 15) is 0 Å². The number of aromatic nitrogens is 2. The molecule has 2 aromatic heterocycles. The number of thiophene rings is 1. The Bertz CT molecular complexity index is 627. The van der Waals surface area contributed by atoms with E-state index in [1.165, 1.54) is 28.8 Å². The molecule has 21 heavy (non-hydrogen) atoms. The van der Waals surface area contributed by atoms with Gasteiger partial charge < -0.3 is 9.80 Å². The van der Waals surface area contributed by atoms with Crippen LogP contribution in [0.3, 0.4) is 0 Å². The molecule has 3 rings (SSSR count). The van der Waals surface area contributed by atoms with E-state index in [1.54, 1.807) is 17.7 Å². The fourth-order valence-electron chi connectivity index (χ4n) is 2.93. The Labute approximate surface area is 138 Å². The minimum atomic E-state index is 1.05. The van der Waals surface area contributed by atoms with Crippen LogP contribution in [0.1, 0.15) is 16.9 Å². The lowest BCUT2D eigenvalue weighted by atomic mass is 10.2. The number of nitrogens with zero attached hydrogens (tertiary/aromatic N) is 4. The molecule has 0 atom stereocenters. The summed E-state index contributed by atoms with van der Waals surface area (Å²) in [5.41, 5.74) is 1.34. The first kappa shape index (κ1) is 15.2. The highest BCUT2D eigenvalue weighted by molar-refractivity contribution is 9.09. The monoisotopic (exact) mass is 368 g/mol. The Hall–Kier alpha value is -0.720. The van der Waals surface area contributed by atoms with Gasteiger partial charge in [-0.3, -0.25) is 0 Å². The van der Waals surface area contributed by atoms with Crippen LogP contribution in [0, 0.1) is 13.8 Å². The summed E-state index contributed by atoms with van der Waals surface area (Å²) in [5.74, 6) is 1.13. The van der Waals surface area contributed by atoms with E-state index in [0.717, 1.165) is 42.2 Å². The normalized spacial score (nSPS) is 17.4. The number of hydrogen-bond acceptors (Lipinski definition) is 5. The van der Waals surface area contributed by atoms with Gasteiger partial charge in [0.25, 0.3) is 0 Å². The molecule has 0 spiro atoms. The molecule has 1 aliphatic rings. The third-order valence-electron chi connectivity index (χ3n) is 4.23. The summed E-state index contributed by atoms with van der Waals surface area (Å²) in [6, 6.07) is 0. The Morgan fingerprint density at radius 2 is 2.05 bits per heavy atom. The predicted molar refractivity (Wildman–Crippen MR) is 94.0 cm³/mol. The SMILES string of the molecule is Cc1sc2ncnc(N3CCCN(CCBr)CC3)c2c1C.